The van der Waals surface area contributed by atoms with Crippen molar-refractivity contribution in [1.29, 1.82) is 0 Å². The Kier molecular flexibility index (Phi) is 6.82. The molecule has 3 aromatic carbocycles. The van der Waals surface area contributed by atoms with Crippen molar-refractivity contribution in [3.05, 3.63) is 115 Å². The summed E-state index contributed by atoms with van der Waals surface area (Å²) in [6.07, 6.45) is 8.83. The summed E-state index contributed by atoms with van der Waals surface area (Å²) in [5, 5.41) is 2.36. The van der Waals surface area contributed by atoms with Crippen molar-refractivity contribution in [2.75, 3.05) is 0 Å². The Hall–Kier alpha value is -3.75. The van der Waals surface area contributed by atoms with Gasteiger partial charge in [-0.05, 0) is 59.5 Å². The fraction of sp³-hybridized carbons (Fsp3) is 0.152. The number of ether oxygens (including phenoxy) is 1. The van der Waals surface area contributed by atoms with Crippen molar-refractivity contribution in [3.8, 4) is 28.6 Å². The third kappa shape index (κ3) is 4.54. The van der Waals surface area contributed by atoms with Crippen LogP contribution in [0.5, 0.6) is 11.6 Å². The quantitative estimate of drug-likeness (QED) is 0.173. The van der Waals surface area contributed by atoms with Crippen LogP contribution in [0.4, 0.5) is 0 Å². The average molecular weight is 675 g/mol. The first-order valence-corrected chi connectivity index (χ1v) is 12.9. The molecule has 0 saturated heterocycles. The molecule has 0 bridgehead atoms. The molecule has 0 N–H and O–H groups in total. The van der Waals surface area contributed by atoms with Crippen LogP contribution in [0.15, 0.2) is 97.3 Å². The minimum atomic E-state index is 0. The second-order valence-electron chi connectivity index (χ2n) is 9.61. The largest absolute Gasteiger partial charge is 2.00 e. The maximum Gasteiger partial charge on any atom is 2.00 e. The van der Waals surface area contributed by atoms with E-state index in [0.717, 1.165) is 33.4 Å². The van der Waals surface area contributed by atoms with Crippen LogP contribution < -0.4 is 4.74 Å². The Balaban J connectivity index is 0.00000264. The van der Waals surface area contributed by atoms with E-state index in [0.29, 0.717) is 17.5 Å². The van der Waals surface area contributed by atoms with Gasteiger partial charge in [0, 0.05) is 29.7 Å². The van der Waals surface area contributed by atoms with Gasteiger partial charge in [0.25, 0.3) is 0 Å². The summed E-state index contributed by atoms with van der Waals surface area (Å²) in [6.45, 7) is 0. The molecule has 0 spiro atoms. The van der Waals surface area contributed by atoms with E-state index in [2.05, 4.69) is 70.2 Å². The van der Waals surface area contributed by atoms with E-state index < -0.39 is 0 Å². The SMILES string of the molecule is [Pt+2].[c-]1c(Oc2ccccn2)cccc1-c1[c-]c2c(cc1)c1ccccc1n2-c1cc(C2CCCC2)ccn1. The molecule has 38 heavy (non-hydrogen) atoms. The summed E-state index contributed by atoms with van der Waals surface area (Å²) in [4.78, 5) is 9.09. The Bertz CT molecular complexity index is 1720. The number of hydrogen-bond acceptors (Lipinski definition) is 3. The fourth-order valence-corrected chi connectivity index (χ4v) is 5.54. The predicted octanol–water partition coefficient (Wildman–Crippen LogP) is 8.29. The molecule has 1 fully saturated rings. The Morgan fingerprint density at radius 3 is 2.45 bits per heavy atom. The van der Waals surface area contributed by atoms with Gasteiger partial charge in [-0.25, -0.2) is 21.1 Å². The summed E-state index contributed by atoms with van der Waals surface area (Å²) < 4.78 is 8.19. The minimum absolute atomic E-state index is 0. The zero-order valence-corrected chi connectivity index (χ0v) is 23.0. The molecular weight excluding hydrogens is 649 g/mol. The van der Waals surface area contributed by atoms with E-state index in [4.69, 9.17) is 9.72 Å². The van der Waals surface area contributed by atoms with Crippen molar-refractivity contribution < 1.29 is 25.8 Å². The first kappa shape index (κ1) is 24.6. The van der Waals surface area contributed by atoms with Crippen LogP contribution in [0.1, 0.15) is 37.2 Å². The first-order chi connectivity index (χ1) is 18.3. The average Bonchev–Trinajstić information content (AvgIpc) is 3.60. The van der Waals surface area contributed by atoms with Gasteiger partial charge < -0.3 is 9.30 Å². The van der Waals surface area contributed by atoms with E-state index >= 15 is 0 Å². The van der Waals surface area contributed by atoms with Crippen molar-refractivity contribution in [3.63, 3.8) is 0 Å². The van der Waals surface area contributed by atoms with Gasteiger partial charge in [0.1, 0.15) is 5.82 Å². The van der Waals surface area contributed by atoms with Gasteiger partial charge in [-0.1, -0.05) is 42.5 Å². The van der Waals surface area contributed by atoms with Crippen LogP contribution in [-0.4, -0.2) is 14.5 Å². The fourth-order valence-electron chi connectivity index (χ4n) is 5.54. The molecule has 3 aromatic heterocycles. The standard InChI is InChI=1S/C33H25N3O.Pt/c1-2-9-23(8-1)26-17-19-34-32(22-26)36-30-13-4-3-12-28(30)29-16-15-25(21-31(29)36)24-10-7-11-27(20-24)37-33-14-5-6-18-35-33;/h3-7,10-19,22-23H,1-2,8-9H2;/q-2;+2. The molecule has 1 saturated carbocycles. The molecule has 0 amide bonds. The topological polar surface area (TPSA) is 39.9 Å². The second-order valence-corrected chi connectivity index (χ2v) is 9.61. The Morgan fingerprint density at radius 1 is 0.737 bits per heavy atom. The third-order valence-electron chi connectivity index (χ3n) is 7.32. The number of rotatable bonds is 5. The number of fused-ring (bicyclic) bond motifs is 3. The maximum atomic E-state index is 5.94. The molecule has 1 aliphatic rings. The molecule has 0 unspecified atom stereocenters. The second kappa shape index (κ2) is 10.6. The number of nitrogens with zero attached hydrogens (tertiary/aromatic N) is 3. The number of para-hydroxylation sites is 1. The normalized spacial score (nSPS) is 13.6. The first-order valence-electron chi connectivity index (χ1n) is 12.9. The van der Waals surface area contributed by atoms with Crippen LogP contribution >= 0.6 is 0 Å². The predicted molar refractivity (Wildman–Crippen MR) is 147 cm³/mol. The van der Waals surface area contributed by atoms with E-state index in [1.165, 1.54) is 36.6 Å². The van der Waals surface area contributed by atoms with E-state index in [9.17, 15) is 0 Å². The number of aromatic nitrogens is 3. The van der Waals surface area contributed by atoms with Crippen molar-refractivity contribution in [1.82, 2.24) is 14.5 Å². The molecule has 4 nitrogen and oxygen atoms in total. The molecule has 3 heterocycles. The maximum absolute atomic E-state index is 5.94. The van der Waals surface area contributed by atoms with E-state index in [1.807, 2.05) is 42.6 Å². The van der Waals surface area contributed by atoms with Gasteiger partial charge >= 0.3 is 21.1 Å². The van der Waals surface area contributed by atoms with Crippen LogP contribution in [0.3, 0.4) is 0 Å². The molecule has 7 rings (SSSR count). The third-order valence-corrected chi connectivity index (χ3v) is 7.32. The number of benzene rings is 3. The monoisotopic (exact) mass is 674 g/mol. The zero-order valence-electron chi connectivity index (χ0n) is 20.7. The van der Waals surface area contributed by atoms with Crippen molar-refractivity contribution in [2.45, 2.75) is 31.6 Å². The molecule has 0 atom stereocenters. The zero-order chi connectivity index (χ0) is 24.6. The number of pyridine rings is 2. The summed E-state index contributed by atoms with van der Waals surface area (Å²) in [6, 6.07) is 35.9. The molecule has 188 valence electrons. The molecule has 1 aliphatic carbocycles. The summed E-state index contributed by atoms with van der Waals surface area (Å²) in [7, 11) is 0. The van der Waals surface area contributed by atoms with Crippen LogP contribution in [0.25, 0.3) is 38.8 Å². The Labute approximate surface area is 236 Å². The summed E-state index contributed by atoms with van der Waals surface area (Å²) in [5.41, 5.74) is 5.41. The smallest absolute Gasteiger partial charge is 0.460 e. The van der Waals surface area contributed by atoms with Gasteiger partial charge in [-0.3, -0.25) is 0 Å². The van der Waals surface area contributed by atoms with Crippen LogP contribution in [0.2, 0.25) is 0 Å². The summed E-state index contributed by atoms with van der Waals surface area (Å²) in [5.74, 6) is 2.74. The Morgan fingerprint density at radius 2 is 1.58 bits per heavy atom. The van der Waals surface area contributed by atoms with Crippen LogP contribution in [0, 0.1) is 12.1 Å². The molecule has 6 aromatic rings. The molecule has 0 radical (unpaired) electrons. The van der Waals surface area contributed by atoms with Gasteiger partial charge in [-0.15, -0.1) is 18.2 Å². The van der Waals surface area contributed by atoms with Gasteiger partial charge in [0.15, 0.2) is 0 Å². The van der Waals surface area contributed by atoms with E-state index in [-0.39, 0.29) is 21.1 Å². The molecule has 0 aliphatic heterocycles. The van der Waals surface area contributed by atoms with Gasteiger partial charge in [0.2, 0.25) is 5.88 Å². The number of hydrogen-bond donors (Lipinski definition) is 0. The van der Waals surface area contributed by atoms with Crippen molar-refractivity contribution >= 4 is 21.8 Å². The van der Waals surface area contributed by atoms with E-state index in [1.54, 1.807) is 6.20 Å². The van der Waals surface area contributed by atoms with Gasteiger partial charge in [0.05, 0.1) is 0 Å². The molecular formula is C33H25N3OPt. The molecule has 5 heteroatoms. The van der Waals surface area contributed by atoms with Crippen LogP contribution in [-0.2, 0) is 21.1 Å². The van der Waals surface area contributed by atoms with Crippen molar-refractivity contribution in [2.24, 2.45) is 0 Å². The van der Waals surface area contributed by atoms with Gasteiger partial charge in [-0.2, -0.15) is 24.3 Å². The minimum Gasteiger partial charge on any atom is -0.460 e. The summed E-state index contributed by atoms with van der Waals surface area (Å²) >= 11 is 0.